The number of nitrogens with zero attached hydrogens (tertiary/aromatic N) is 5. The van der Waals surface area contributed by atoms with Crippen LogP contribution >= 0.6 is 0 Å². The molecule has 0 atom stereocenters. The van der Waals surface area contributed by atoms with Crippen molar-refractivity contribution < 1.29 is 4.74 Å². The number of morpholine rings is 1. The molecule has 146 valence electrons. The van der Waals surface area contributed by atoms with Crippen molar-refractivity contribution in [2.45, 2.75) is 32.4 Å². The van der Waals surface area contributed by atoms with Crippen LogP contribution in [0.4, 0.5) is 0 Å². The van der Waals surface area contributed by atoms with E-state index in [0.717, 1.165) is 57.5 Å². The molecule has 0 radical (unpaired) electrons. The van der Waals surface area contributed by atoms with E-state index in [-0.39, 0.29) is 0 Å². The van der Waals surface area contributed by atoms with Gasteiger partial charge in [-0.1, -0.05) is 30.3 Å². The van der Waals surface area contributed by atoms with Crippen molar-refractivity contribution in [1.29, 1.82) is 0 Å². The van der Waals surface area contributed by atoms with Gasteiger partial charge in [-0.2, -0.15) is 5.10 Å². The molecule has 4 rings (SSSR count). The van der Waals surface area contributed by atoms with Gasteiger partial charge in [-0.3, -0.25) is 4.90 Å². The van der Waals surface area contributed by atoms with E-state index < -0.39 is 0 Å². The number of hydrogen-bond donors (Lipinski definition) is 0. The van der Waals surface area contributed by atoms with E-state index in [4.69, 9.17) is 14.8 Å². The Morgan fingerprint density at radius 1 is 1.00 bits per heavy atom. The van der Waals surface area contributed by atoms with Crippen molar-refractivity contribution in [2.75, 3.05) is 46.4 Å². The molecule has 1 aromatic heterocycles. The minimum atomic E-state index is 0.713. The number of hydrogen-bond acceptors (Lipinski definition) is 5. The fourth-order valence-electron chi connectivity index (χ4n) is 4.00. The molecule has 0 bridgehead atoms. The minimum Gasteiger partial charge on any atom is -0.379 e. The van der Waals surface area contributed by atoms with Crippen LogP contribution in [0.3, 0.4) is 0 Å². The van der Waals surface area contributed by atoms with Gasteiger partial charge in [-0.25, -0.2) is 9.67 Å². The molecule has 2 aromatic rings. The van der Waals surface area contributed by atoms with E-state index in [1.807, 2.05) is 0 Å². The van der Waals surface area contributed by atoms with Crippen LogP contribution in [0, 0.1) is 5.92 Å². The molecule has 2 aliphatic heterocycles. The predicted molar refractivity (Wildman–Crippen MR) is 106 cm³/mol. The number of piperidine rings is 1. The first kappa shape index (κ1) is 18.6. The summed E-state index contributed by atoms with van der Waals surface area (Å²) in [6.45, 7) is 7.61. The Hall–Kier alpha value is -1.76. The molecule has 2 fully saturated rings. The van der Waals surface area contributed by atoms with E-state index in [1.54, 1.807) is 0 Å². The highest BCUT2D eigenvalue weighted by molar-refractivity contribution is 5.15. The fourth-order valence-corrected chi connectivity index (χ4v) is 4.00. The molecule has 0 unspecified atom stereocenters. The molecule has 0 spiro atoms. The lowest BCUT2D eigenvalue weighted by atomic mass is 9.94. The third-order valence-electron chi connectivity index (χ3n) is 5.75. The van der Waals surface area contributed by atoms with Gasteiger partial charge in [0.05, 0.1) is 26.3 Å². The van der Waals surface area contributed by atoms with E-state index in [2.05, 4.69) is 51.9 Å². The van der Waals surface area contributed by atoms with Gasteiger partial charge in [0, 0.05) is 19.5 Å². The molecule has 2 saturated heterocycles. The lowest BCUT2D eigenvalue weighted by Crippen LogP contribution is -2.36. The lowest BCUT2D eigenvalue weighted by Gasteiger charge is -2.28. The molecule has 6 nitrogen and oxygen atoms in total. The monoisotopic (exact) mass is 369 g/mol. The van der Waals surface area contributed by atoms with Gasteiger partial charge >= 0.3 is 0 Å². The zero-order chi connectivity index (χ0) is 18.5. The maximum absolute atomic E-state index is 5.49. The standard InChI is InChI=1S/C21H31N5O/c1-24-9-7-18(8-10-24)15-20-22-21(17-25-11-13-27-14-12-25)26(23-20)16-19-5-3-2-4-6-19/h2-6,18H,7-17H2,1H3. The van der Waals surface area contributed by atoms with Crippen LogP contribution in [-0.2, 0) is 24.2 Å². The average molecular weight is 370 g/mol. The summed E-state index contributed by atoms with van der Waals surface area (Å²) >= 11 is 0. The SMILES string of the molecule is CN1CCC(Cc2nc(CN3CCOCC3)n(Cc3ccccc3)n2)CC1. The van der Waals surface area contributed by atoms with Crippen molar-refractivity contribution >= 4 is 0 Å². The lowest BCUT2D eigenvalue weighted by molar-refractivity contribution is 0.0325. The summed E-state index contributed by atoms with van der Waals surface area (Å²) in [4.78, 5) is 9.81. The van der Waals surface area contributed by atoms with Crippen molar-refractivity contribution in [2.24, 2.45) is 5.92 Å². The highest BCUT2D eigenvalue weighted by atomic mass is 16.5. The fraction of sp³-hybridized carbons (Fsp3) is 0.619. The zero-order valence-corrected chi connectivity index (χ0v) is 16.4. The number of rotatable bonds is 6. The first-order valence-corrected chi connectivity index (χ1v) is 10.2. The summed E-state index contributed by atoms with van der Waals surface area (Å²) in [6.07, 6.45) is 3.51. The Labute approximate surface area is 162 Å². The van der Waals surface area contributed by atoms with Crippen LogP contribution in [0.1, 0.15) is 30.1 Å². The molecular formula is C21H31N5O. The number of likely N-dealkylation sites (tertiary alicyclic amines) is 1. The second-order valence-corrected chi connectivity index (χ2v) is 7.93. The summed E-state index contributed by atoms with van der Waals surface area (Å²) < 4.78 is 7.61. The van der Waals surface area contributed by atoms with Crippen LogP contribution in [0.5, 0.6) is 0 Å². The van der Waals surface area contributed by atoms with Crippen LogP contribution in [0.25, 0.3) is 0 Å². The Balaban J connectivity index is 1.48. The van der Waals surface area contributed by atoms with Gasteiger partial charge in [0.1, 0.15) is 5.82 Å². The molecule has 2 aliphatic rings. The third kappa shape index (κ3) is 5.15. The van der Waals surface area contributed by atoms with Crippen molar-refractivity contribution in [1.82, 2.24) is 24.6 Å². The molecule has 3 heterocycles. The van der Waals surface area contributed by atoms with Gasteiger partial charge in [0.2, 0.25) is 0 Å². The second-order valence-electron chi connectivity index (χ2n) is 7.93. The maximum atomic E-state index is 5.49. The average Bonchev–Trinajstić information content (AvgIpc) is 3.06. The highest BCUT2D eigenvalue weighted by Crippen LogP contribution is 2.20. The third-order valence-corrected chi connectivity index (χ3v) is 5.75. The molecule has 6 heteroatoms. The number of aromatic nitrogens is 3. The smallest absolute Gasteiger partial charge is 0.151 e. The van der Waals surface area contributed by atoms with Gasteiger partial charge in [0.25, 0.3) is 0 Å². The van der Waals surface area contributed by atoms with E-state index >= 15 is 0 Å². The van der Waals surface area contributed by atoms with Gasteiger partial charge < -0.3 is 9.64 Å². The minimum absolute atomic E-state index is 0.713. The summed E-state index contributed by atoms with van der Waals surface area (Å²) in [7, 11) is 2.21. The van der Waals surface area contributed by atoms with Crippen LogP contribution in [0.15, 0.2) is 30.3 Å². The highest BCUT2D eigenvalue weighted by Gasteiger charge is 2.21. The summed E-state index contributed by atoms with van der Waals surface area (Å²) in [5.74, 6) is 2.82. The van der Waals surface area contributed by atoms with Crippen molar-refractivity contribution in [3.8, 4) is 0 Å². The van der Waals surface area contributed by atoms with Crippen LogP contribution in [0.2, 0.25) is 0 Å². The number of ether oxygens (including phenoxy) is 1. The summed E-state index contributed by atoms with van der Waals surface area (Å²) in [6, 6.07) is 10.6. The molecule has 0 N–H and O–H groups in total. The first-order valence-electron chi connectivity index (χ1n) is 10.2. The molecule has 0 aliphatic carbocycles. The molecule has 1 aromatic carbocycles. The largest absolute Gasteiger partial charge is 0.379 e. The van der Waals surface area contributed by atoms with E-state index in [1.165, 1.54) is 31.5 Å². The van der Waals surface area contributed by atoms with Crippen LogP contribution in [-0.4, -0.2) is 71.0 Å². The van der Waals surface area contributed by atoms with Gasteiger partial charge in [-0.05, 0) is 44.5 Å². The molecule has 0 amide bonds. The Bertz CT molecular complexity index is 703. The second kappa shape index (κ2) is 8.95. The van der Waals surface area contributed by atoms with E-state index in [9.17, 15) is 0 Å². The zero-order valence-electron chi connectivity index (χ0n) is 16.4. The maximum Gasteiger partial charge on any atom is 0.151 e. The van der Waals surface area contributed by atoms with E-state index in [0.29, 0.717) is 5.92 Å². The normalized spacial score (nSPS) is 20.2. The number of benzene rings is 1. The molecular weight excluding hydrogens is 338 g/mol. The summed E-state index contributed by atoms with van der Waals surface area (Å²) in [5.41, 5.74) is 1.27. The first-order chi connectivity index (χ1) is 13.3. The quantitative estimate of drug-likeness (QED) is 0.780. The molecule has 0 saturated carbocycles. The van der Waals surface area contributed by atoms with Crippen molar-refractivity contribution in [3.63, 3.8) is 0 Å². The van der Waals surface area contributed by atoms with Gasteiger partial charge in [-0.15, -0.1) is 0 Å². The Morgan fingerprint density at radius 2 is 1.74 bits per heavy atom. The summed E-state index contributed by atoms with van der Waals surface area (Å²) in [5, 5.41) is 4.92. The van der Waals surface area contributed by atoms with Crippen molar-refractivity contribution in [3.05, 3.63) is 47.5 Å². The topological polar surface area (TPSA) is 46.4 Å². The van der Waals surface area contributed by atoms with Crippen LogP contribution < -0.4 is 0 Å². The Morgan fingerprint density at radius 3 is 2.48 bits per heavy atom. The Kier molecular flexibility index (Phi) is 6.17. The molecule has 27 heavy (non-hydrogen) atoms. The predicted octanol–water partition coefficient (Wildman–Crippen LogP) is 2.04. The van der Waals surface area contributed by atoms with Gasteiger partial charge in [0.15, 0.2) is 5.82 Å².